The highest BCUT2D eigenvalue weighted by molar-refractivity contribution is 7.92. The van der Waals surface area contributed by atoms with Crippen LogP contribution in [0.2, 0.25) is 5.02 Å². The van der Waals surface area contributed by atoms with Gasteiger partial charge in [0.15, 0.2) is 0 Å². The van der Waals surface area contributed by atoms with Crippen molar-refractivity contribution in [1.82, 2.24) is 20.3 Å². The van der Waals surface area contributed by atoms with Crippen molar-refractivity contribution >= 4 is 44.6 Å². The molecular weight excluding hydrogens is 532 g/mol. The van der Waals surface area contributed by atoms with Crippen LogP contribution in [0.4, 0.5) is 11.6 Å². The summed E-state index contributed by atoms with van der Waals surface area (Å²) in [5.41, 5.74) is 3.53. The highest BCUT2D eigenvalue weighted by Gasteiger charge is 2.20. The molecule has 0 spiro atoms. The lowest BCUT2D eigenvalue weighted by atomic mass is 10.1. The van der Waals surface area contributed by atoms with Crippen molar-refractivity contribution in [1.29, 1.82) is 0 Å². The predicted molar refractivity (Wildman–Crippen MR) is 146 cm³/mol. The van der Waals surface area contributed by atoms with Crippen LogP contribution in [-0.2, 0) is 10.0 Å². The fourth-order valence-corrected chi connectivity index (χ4v) is 6.19. The summed E-state index contributed by atoms with van der Waals surface area (Å²) in [6, 6.07) is 13.4. The van der Waals surface area contributed by atoms with E-state index in [9.17, 15) is 8.42 Å². The molecule has 1 fully saturated rings. The van der Waals surface area contributed by atoms with Crippen LogP contribution >= 0.6 is 22.9 Å². The first kappa shape index (κ1) is 25.4. The van der Waals surface area contributed by atoms with Gasteiger partial charge in [0.05, 0.1) is 21.9 Å². The molecule has 1 atom stereocenters. The maximum Gasteiger partial charge on any atom is 0.263 e. The summed E-state index contributed by atoms with van der Waals surface area (Å²) in [4.78, 5) is 14.2. The fourth-order valence-electron chi connectivity index (χ4n) is 3.94. The Morgan fingerprint density at radius 2 is 2.03 bits per heavy atom. The Kier molecular flexibility index (Phi) is 7.56. The number of ether oxygens (including phenoxy) is 1. The van der Waals surface area contributed by atoms with Gasteiger partial charge in [-0.25, -0.2) is 23.4 Å². The lowest BCUT2D eigenvalue weighted by molar-refractivity contribution is 0.464. The van der Waals surface area contributed by atoms with Crippen LogP contribution in [0.3, 0.4) is 0 Å². The first-order chi connectivity index (χ1) is 17.9. The van der Waals surface area contributed by atoms with Gasteiger partial charge in [-0.1, -0.05) is 29.8 Å². The zero-order chi connectivity index (χ0) is 25.8. The summed E-state index contributed by atoms with van der Waals surface area (Å²) < 4.78 is 34.5. The summed E-state index contributed by atoms with van der Waals surface area (Å²) in [7, 11) is -3.88. The molecule has 2 aromatic heterocycles. The van der Waals surface area contributed by atoms with E-state index in [-0.39, 0.29) is 16.0 Å². The second-order valence-electron chi connectivity index (χ2n) is 8.56. The number of nitrogens with one attached hydrogen (secondary N) is 3. The fraction of sp³-hybridized carbons (Fsp3) is 0.240. The molecule has 12 heteroatoms. The molecule has 1 saturated heterocycles. The van der Waals surface area contributed by atoms with Crippen LogP contribution in [0.5, 0.6) is 11.6 Å². The highest BCUT2D eigenvalue weighted by atomic mass is 35.5. The van der Waals surface area contributed by atoms with Gasteiger partial charge in [-0.05, 0) is 56.1 Å². The average Bonchev–Trinajstić information content (AvgIpc) is 3.35. The summed E-state index contributed by atoms with van der Waals surface area (Å²) in [6.07, 6.45) is 3.88. The number of sulfonamides is 1. The SMILES string of the molecule is Cc1ccc(NS(=O)(=O)c2ccccc2Cl)cc1Oc1ncsc1-c1ccnc(NC2CCCNC2)n1. The van der Waals surface area contributed by atoms with E-state index in [1.54, 1.807) is 42.0 Å². The number of thiazole rings is 1. The van der Waals surface area contributed by atoms with E-state index in [2.05, 4.69) is 30.3 Å². The summed E-state index contributed by atoms with van der Waals surface area (Å²) in [6.45, 7) is 3.78. The molecule has 1 aliphatic heterocycles. The van der Waals surface area contributed by atoms with Crippen LogP contribution in [0.1, 0.15) is 18.4 Å². The van der Waals surface area contributed by atoms with E-state index in [4.69, 9.17) is 16.3 Å². The highest BCUT2D eigenvalue weighted by Crippen LogP contribution is 2.37. The molecule has 1 aliphatic rings. The molecule has 3 N–H and O–H groups in total. The quantitative estimate of drug-likeness (QED) is 0.267. The molecule has 0 saturated carbocycles. The number of halogens is 1. The zero-order valence-corrected chi connectivity index (χ0v) is 22.3. The van der Waals surface area contributed by atoms with Crippen LogP contribution in [0, 0.1) is 6.92 Å². The number of anilines is 2. The van der Waals surface area contributed by atoms with Gasteiger partial charge >= 0.3 is 0 Å². The second-order valence-corrected chi connectivity index (χ2v) is 11.5. The van der Waals surface area contributed by atoms with Gasteiger partial charge in [-0.2, -0.15) is 0 Å². The third-order valence-electron chi connectivity index (χ3n) is 5.83. The Balaban J connectivity index is 1.36. The number of benzene rings is 2. The van der Waals surface area contributed by atoms with Crippen molar-refractivity contribution in [2.75, 3.05) is 23.1 Å². The van der Waals surface area contributed by atoms with E-state index in [0.29, 0.717) is 29.0 Å². The third-order valence-corrected chi connectivity index (χ3v) is 8.54. The molecule has 3 heterocycles. The van der Waals surface area contributed by atoms with Crippen molar-refractivity contribution in [2.45, 2.75) is 30.7 Å². The van der Waals surface area contributed by atoms with Gasteiger partial charge in [-0.15, -0.1) is 11.3 Å². The average molecular weight is 557 g/mol. The molecule has 0 amide bonds. The molecule has 1 unspecified atom stereocenters. The van der Waals surface area contributed by atoms with Crippen LogP contribution in [0.25, 0.3) is 10.6 Å². The number of aromatic nitrogens is 3. The summed E-state index contributed by atoms with van der Waals surface area (Å²) in [5.74, 6) is 1.40. The number of aryl methyl sites for hydroxylation is 1. The zero-order valence-electron chi connectivity index (χ0n) is 19.9. The number of nitrogens with zero attached hydrogens (tertiary/aromatic N) is 3. The van der Waals surface area contributed by atoms with E-state index in [0.717, 1.165) is 36.4 Å². The molecule has 4 aromatic rings. The van der Waals surface area contributed by atoms with Gasteiger partial charge in [-0.3, -0.25) is 4.72 Å². The Morgan fingerprint density at radius 3 is 2.84 bits per heavy atom. The van der Waals surface area contributed by atoms with Crippen molar-refractivity contribution in [3.8, 4) is 22.2 Å². The number of hydrogen-bond acceptors (Lipinski definition) is 9. The molecule has 37 heavy (non-hydrogen) atoms. The van der Waals surface area contributed by atoms with E-state index in [1.807, 2.05) is 13.0 Å². The Bertz CT molecular complexity index is 1510. The van der Waals surface area contributed by atoms with E-state index in [1.165, 1.54) is 23.5 Å². The van der Waals surface area contributed by atoms with Crippen molar-refractivity contribution in [2.24, 2.45) is 0 Å². The molecule has 0 radical (unpaired) electrons. The van der Waals surface area contributed by atoms with Crippen LogP contribution in [0.15, 0.2) is 65.1 Å². The van der Waals surface area contributed by atoms with Crippen LogP contribution < -0.4 is 20.1 Å². The molecule has 9 nitrogen and oxygen atoms in total. The lowest BCUT2D eigenvalue weighted by Gasteiger charge is -2.23. The van der Waals surface area contributed by atoms with Gasteiger partial charge in [0, 0.05) is 24.8 Å². The van der Waals surface area contributed by atoms with E-state index >= 15 is 0 Å². The maximum atomic E-state index is 12.9. The molecular formula is C25H25ClN6O3S2. The predicted octanol–water partition coefficient (Wildman–Crippen LogP) is 5.32. The molecule has 0 aliphatic carbocycles. The van der Waals surface area contributed by atoms with Gasteiger partial charge in [0.1, 0.15) is 15.5 Å². The normalized spacial score (nSPS) is 15.8. The van der Waals surface area contributed by atoms with Crippen LogP contribution in [-0.4, -0.2) is 42.5 Å². The monoisotopic (exact) mass is 556 g/mol. The Hall–Kier alpha value is -3.25. The minimum absolute atomic E-state index is 0.00122. The topological polar surface area (TPSA) is 118 Å². The lowest BCUT2D eigenvalue weighted by Crippen LogP contribution is -2.38. The van der Waals surface area contributed by atoms with Crippen molar-refractivity contribution in [3.63, 3.8) is 0 Å². The number of rotatable bonds is 8. The Labute approximate surface area is 224 Å². The maximum absolute atomic E-state index is 12.9. The van der Waals surface area contributed by atoms with Crippen molar-refractivity contribution < 1.29 is 13.2 Å². The Morgan fingerprint density at radius 1 is 1.16 bits per heavy atom. The van der Waals surface area contributed by atoms with Crippen molar-refractivity contribution in [3.05, 3.63) is 70.8 Å². The smallest absolute Gasteiger partial charge is 0.263 e. The minimum Gasteiger partial charge on any atom is -0.437 e. The standard InChI is InChI=1S/C25H25ClN6O3S2/c1-16-8-9-17(32-37(33,34)22-7-3-2-6-19(22)26)13-21(16)35-24-23(36-15-29-24)20-10-12-28-25(31-20)30-18-5-4-11-27-14-18/h2-3,6-10,12-13,15,18,27,32H,4-5,11,14H2,1H3,(H,28,30,31). The molecule has 2 aromatic carbocycles. The minimum atomic E-state index is -3.88. The molecule has 0 bridgehead atoms. The summed E-state index contributed by atoms with van der Waals surface area (Å²) >= 11 is 7.50. The second kappa shape index (κ2) is 11.0. The first-order valence-corrected chi connectivity index (χ1v) is 14.4. The summed E-state index contributed by atoms with van der Waals surface area (Å²) in [5, 5.41) is 6.91. The first-order valence-electron chi connectivity index (χ1n) is 11.7. The van der Waals surface area contributed by atoms with E-state index < -0.39 is 10.0 Å². The van der Waals surface area contributed by atoms with Gasteiger partial charge < -0.3 is 15.4 Å². The molecule has 5 rings (SSSR count). The third kappa shape index (κ3) is 6.02. The largest absolute Gasteiger partial charge is 0.437 e. The molecule has 192 valence electrons. The number of piperidine rings is 1. The van der Waals surface area contributed by atoms with Gasteiger partial charge in [0.2, 0.25) is 11.8 Å². The van der Waals surface area contributed by atoms with Gasteiger partial charge in [0.25, 0.3) is 10.0 Å². The number of hydrogen-bond donors (Lipinski definition) is 3.